The van der Waals surface area contributed by atoms with Gasteiger partial charge in [-0.25, -0.2) is 9.98 Å². The van der Waals surface area contributed by atoms with Gasteiger partial charge in [-0.15, -0.1) is 24.0 Å². The SMILES string of the molecule is CN(C)C(=NCc1ccccc1)NC1CCn2ccnc2C1.I. The molecule has 23 heavy (non-hydrogen) atoms. The van der Waals surface area contributed by atoms with E-state index in [1.54, 1.807) is 0 Å². The molecular formula is C17H24IN5. The van der Waals surface area contributed by atoms with Crippen molar-refractivity contribution in [2.75, 3.05) is 14.1 Å². The minimum Gasteiger partial charge on any atom is -0.353 e. The highest BCUT2D eigenvalue weighted by atomic mass is 127. The van der Waals surface area contributed by atoms with Crippen LogP contribution in [-0.2, 0) is 19.5 Å². The number of fused-ring (bicyclic) bond motifs is 1. The number of aliphatic imine (C=N–C) groups is 1. The Morgan fingerprint density at radius 2 is 2.13 bits per heavy atom. The largest absolute Gasteiger partial charge is 0.353 e. The molecule has 0 saturated carbocycles. The molecule has 1 aromatic heterocycles. The number of hydrogen-bond acceptors (Lipinski definition) is 2. The molecular weight excluding hydrogens is 401 g/mol. The van der Waals surface area contributed by atoms with Crippen LogP contribution in [0.5, 0.6) is 0 Å². The molecule has 5 nitrogen and oxygen atoms in total. The average molecular weight is 425 g/mol. The second kappa shape index (κ2) is 8.33. The van der Waals surface area contributed by atoms with E-state index in [1.165, 1.54) is 5.56 Å². The van der Waals surface area contributed by atoms with Crippen LogP contribution in [0, 0.1) is 0 Å². The molecule has 0 amide bonds. The smallest absolute Gasteiger partial charge is 0.193 e. The number of guanidine groups is 1. The standard InChI is InChI=1S/C17H23N5.HI/c1-21(2)17(19-13-14-6-4-3-5-7-14)20-15-8-10-22-11-9-18-16(22)12-15;/h3-7,9,11,15H,8,10,12-13H2,1-2H3,(H,19,20);1H. The van der Waals surface area contributed by atoms with E-state index >= 15 is 0 Å². The maximum Gasteiger partial charge on any atom is 0.193 e. The van der Waals surface area contributed by atoms with Crippen LogP contribution >= 0.6 is 24.0 Å². The lowest BCUT2D eigenvalue weighted by Gasteiger charge is -2.28. The summed E-state index contributed by atoms with van der Waals surface area (Å²) in [4.78, 5) is 11.2. The van der Waals surface area contributed by atoms with Gasteiger partial charge in [0.15, 0.2) is 5.96 Å². The predicted molar refractivity (Wildman–Crippen MR) is 104 cm³/mol. The van der Waals surface area contributed by atoms with E-state index in [0.717, 1.165) is 31.2 Å². The van der Waals surface area contributed by atoms with Crippen LogP contribution in [0.15, 0.2) is 47.7 Å². The fourth-order valence-corrected chi connectivity index (χ4v) is 2.72. The molecule has 0 aliphatic carbocycles. The van der Waals surface area contributed by atoms with Gasteiger partial charge in [-0.3, -0.25) is 0 Å². The Morgan fingerprint density at radius 3 is 2.87 bits per heavy atom. The van der Waals surface area contributed by atoms with E-state index in [0.29, 0.717) is 12.6 Å². The van der Waals surface area contributed by atoms with Crippen molar-refractivity contribution in [1.29, 1.82) is 0 Å². The van der Waals surface area contributed by atoms with E-state index in [1.807, 2.05) is 31.3 Å². The molecule has 2 aromatic rings. The second-order valence-corrected chi connectivity index (χ2v) is 5.89. The molecule has 1 aliphatic heterocycles. The average Bonchev–Trinajstić information content (AvgIpc) is 2.99. The lowest BCUT2D eigenvalue weighted by atomic mass is 10.1. The summed E-state index contributed by atoms with van der Waals surface area (Å²) in [5.74, 6) is 2.10. The van der Waals surface area contributed by atoms with Gasteiger partial charge in [0.05, 0.1) is 6.54 Å². The first-order valence-electron chi connectivity index (χ1n) is 7.74. The zero-order chi connectivity index (χ0) is 15.4. The summed E-state index contributed by atoms with van der Waals surface area (Å²) in [7, 11) is 4.06. The molecule has 1 aliphatic rings. The summed E-state index contributed by atoms with van der Waals surface area (Å²) in [5, 5.41) is 3.58. The van der Waals surface area contributed by atoms with Crippen molar-refractivity contribution in [3.63, 3.8) is 0 Å². The van der Waals surface area contributed by atoms with Crippen LogP contribution in [0.3, 0.4) is 0 Å². The van der Waals surface area contributed by atoms with Crippen LogP contribution < -0.4 is 5.32 Å². The van der Waals surface area contributed by atoms with Gasteiger partial charge >= 0.3 is 0 Å². The van der Waals surface area contributed by atoms with Crippen molar-refractivity contribution in [3.8, 4) is 0 Å². The van der Waals surface area contributed by atoms with Gasteiger partial charge in [0.2, 0.25) is 0 Å². The van der Waals surface area contributed by atoms with E-state index in [2.05, 4.69) is 45.3 Å². The fourth-order valence-electron chi connectivity index (χ4n) is 2.72. The van der Waals surface area contributed by atoms with Crippen molar-refractivity contribution in [2.45, 2.75) is 32.0 Å². The second-order valence-electron chi connectivity index (χ2n) is 5.89. The van der Waals surface area contributed by atoms with Gasteiger partial charge < -0.3 is 14.8 Å². The summed E-state index contributed by atoms with van der Waals surface area (Å²) in [6, 6.07) is 10.7. The van der Waals surface area contributed by atoms with Crippen LogP contribution in [0.2, 0.25) is 0 Å². The first kappa shape index (κ1) is 17.8. The highest BCUT2D eigenvalue weighted by molar-refractivity contribution is 14.0. The topological polar surface area (TPSA) is 45.5 Å². The van der Waals surface area contributed by atoms with E-state index in [-0.39, 0.29) is 24.0 Å². The van der Waals surface area contributed by atoms with Crippen LogP contribution in [0.25, 0.3) is 0 Å². The van der Waals surface area contributed by atoms with Crippen molar-refractivity contribution in [2.24, 2.45) is 4.99 Å². The molecule has 1 N–H and O–H groups in total. The molecule has 1 atom stereocenters. The molecule has 0 radical (unpaired) electrons. The number of imidazole rings is 1. The fraction of sp³-hybridized carbons (Fsp3) is 0.412. The zero-order valence-electron chi connectivity index (χ0n) is 13.6. The Morgan fingerprint density at radius 1 is 1.35 bits per heavy atom. The van der Waals surface area contributed by atoms with Crippen molar-refractivity contribution in [1.82, 2.24) is 19.8 Å². The van der Waals surface area contributed by atoms with E-state index < -0.39 is 0 Å². The third-order valence-corrected chi connectivity index (χ3v) is 3.96. The summed E-state index contributed by atoms with van der Waals surface area (Å²) in [6.45, 7) is 1.72. The predicted octanol–water partition coefficient (Wildman–Crippen LogP) is 2.52. The molecule has 3 rings (SSSR count). The Labute approximate surface area is 154 Å². The van der Waals surface area contributed by atoms with Gasteiger partial charge in [0.25, 0.3) is 0 Å². The van der Waals surface area contributed by atoms with Crippen molar-refractivity contribution < 1.29 is 0 Å². The number of hydrogen-bond donors (Lipinski definition) is 1. The molecule has 2 heterocycles. The van der Waals surface area contributed by atoms with Crippen LogP contribution in [-0.4, -0.2) is 40.5 Å². The van der Waals surface area contributed by atoms with Gasteiger partial charge in [0.1, 0.15) is 5.82 Å². The quantitative estimate of drug-likeness (QED) is 0.467. The number of nitrogens with one attached hydrogen (secondary N) is 1. The Hall–Kier alpha value is -1.57. The number of aryl methyl sites for hydroxylation is 1. The van der Waals surface area contributed by atoms with Gasteiger partial charge in [0, 0.05) is 45.5 Å². The lowest BCUT2D eigenvalue weighted by molar-refractivity contribution is 0.419. The van der Waals surface area contributed by atoms with Gasteiger partial charge in [-0.2, -0.15) is 0 Å². The number of nitrogens with zero attached hydrogens (tertiary/aromatic N) is 4. The third kappa shape index (κ3) is 4.70. The normalized spacial score (nSPS) is 17.1. The van der Waals surface area contributed by atoms with Crippen LogP contribution in [0.1, 0.15) is 17.8 Å². The van der Waals surface area contributed by atoms with Crippen molar-refractivity contribution in [3.05, 3.63) is 54.1 Å². The molecule has 0 bridgehead atoms. The highest BCUT2D eigenvalue weighted by Gasteiger charge is 2.20. The first-order chi connectivity index (χ1) is 10.7. The monoisotopic (exact) mass is 425 g/mol. The third-order valence-electron chi connectivity index (χ3n) is 3.96. The molecule has 0 spiro atoms. The Bertz CT molecular complexity index is 635. The van der Waals surface area contributed by atoms with Gasteiger partial charge in [-0.05, 0) is 12.0 Å². The number of rotatable bonds is 3. The first-order valence-corrected chi connectivity index (χ1v) is 7.74. The zero-order valence-corrected chi connectivity index (χ0v) is 16.0. The summed E-state index contributed by atoms with van der Waals surface area (Å²) >= 11 is 0. The minimum atomic E-state index is 0. The van der Waals surface area contributed by atoms with Gasteiger partial charge in [-0.1, -0.05) is 30.3 Å². The molecule has 0 fully saturated rings. The lowest BCUT2D eigenvalue weighted by Crippen LogP contribution is -2.46. The van der Waals surface area contributed by atoms with E-state index in [4.69, 9.17) is 4.99 Å². The number of halogens is 1. The molecule has 6 heteroatoms. The maximum absolute atomic E-state index is 4.74. The minimum absolute atomic E-state index is 0. The summed E-state index contributed by atoms with van der Waals surface area (Å²) in [6.07, 6.45) is 5.99. The molecule has 1 unspecified atom stereocenters. The number of benzene rings is 1. The molecule has 124 valence electrons. The maximum atomic E-state index is 4.74. The Balaban J connectivity index is 0.00000192. The van der Waals surface area contributed by atoms with E-state index in [9.17, 15) is 0 Å². The number of aromatic nitrogens is 2. The molecule has 1 aromatic carbocycles. The summed E-state index contributed by atoms with van der Waals surface area (Å²) < 4.78 is 2.23. The Kier molecular flexibility index (Phi) is 6.44. The molecule has 0 saturated heterocycles. The highest BCUT2D eigenvalue weighted by Crippen LogP contribution is 2.13. The van der Waals surface area contributed by atoms with Crippen LogP contribution in [0.4, 0.5) is 0 Å². The van der Waals surface area contributed by atoms with Crippen molar-refractivity contribution >= 4 is 29.9 Å². The summed E-state index contributed by atoms with van der Waals surface area (Å²) in [5.41, 5.74) is 1.22.